The Morgan fingerprint density at radius 3 is 2.96 bits per heavy atom. The van der Waals surface area contributed by atoms with E-state index in [1.165, 1.54) is 12.8 Å². The number of hydrogen-bond donors (Lipinski definition) is 3. The number of amides is 1. The summed E-state index contributed by atoms with van der Waals surface area (Å²) in [5, 5.41) is 17.8. The Balaban J connectivity index is 0.00000225. The molecule has 3 unspecified atom stereocenters. The molecule has 1 aliphatic rings. The van der Waals surface area contributed by atoms with E-state index in [0.717, 1.165) is 28.1 Å². The van der Waals surface area contributed by atoms with Crippen molar-refractivity contribution in [2.45, 2.75) is 32.3 Å². The van der Waals surface area contributed by atoms with Gasteiger partial charge in [-0.2, -0.15) is 0 Å². The van der Waals surface area contributed by atoms with Gasteiger partial charge in [0.1, 0.15) is 6.10 Å². The van der Waals surface area contributed by atoms with Gasteiger partial charge in [0.05, 0.1) is 0 Å². The predicted molar refractivity (Wildman–Crippen MR) is 106 cm³/mol. The van der Waals surface area contributed by atoms with E-state index in [-0.39, 0.29) is 24.9 Å². The molecule has 6 heteroatoms. The molecule has 1 aromatic carbocycles. The molecule has 2 heterocycles. The Morgan fingerprint density at radius 1 is 1.44 bits per heavy atom. The number of carbonyl (C=O) groups is 1. The molecule has 4 nitrogen and oxygen atoms in total. The average Bonchev–Trinajstić information content (AvgIpc) is 3.04. The van der Waals surface area contributed by atoms with Crippen molar-refractivity contribution in [1.82, 2.24) is 10.6 Å². The third-order valence-corrected chi connectivity index (χ3v) is 6.13. The molecular formula is C19H27ClN2O2S. The lowest BCUT2D eigenvalue weighted by atomic mass is 9.85. The summed E-state index contributed by atoms with van der Waals surface area (Å²) >= 11 is 1.58. The number of carbonyl (C=O) groups excluding carboxylic acids is 1. The van der Waals surface area contributed by atoms with E-state index < -0.39 is 6.10 Å². The van der Waals surface area contributed by atoms with E-state index in [0.29, 0.717) is 18.3 Å². The van der Waals surface area contributed by atoms with Crippen LogP contribution in [0.3, 0.4) is 0 Å². The molecule has 3 rings (SSSR count). The molecule has 138 valence electrons. The summed E-state index contributed by atoms with van der Waals surface area (Å²) in [6.07, 6.45) is 2.29. The van der Waals surface area contributed by atoms with E-state index in [4.69, 9.17) is 0 Å². The molecule has 1 fully saturated rings. The van der Waals surface area contributed by atoms with Crippen molar-refractivity contribution in [3.8, 4) is 0 Å². The van der Waals surface area contributed by atoms with Crippen LogP contribution in [0.25, 0.3) is 10.1 Å². The van der Waals surface area contributed by atoms with E-state index in [1.54, 1.807) is 11.3 Å². The fraction of sp³-hybridized carbons (Fsp3) is 0.526. The first-order valence-electron chi connectivity index (χ1n) is 8.77. The highest BCUT2D eigenvalue weighted by atomic mass is 35.5. The maximum atomic E-state index is 12.2. The van der Waals surface area contributed by atoms with E-state index in [2.05, 4.69) is 23.6 Å². The molecule has 1 aliphatic heterocycles. The first kappa shape index (κ1) is 20.2. The zero-order chi connectivity index (χ0) is 16.9. The Morgan fingerprint density at radius 2 is 2.24 bits per heavy atom. The summed E-state index contributed by atoms with van der Waals surface area (Å²) in [5.41, 5.74) is 0. The summed E-state index contributed by atoms with van der Waals surface area (Å²) in [7, 11) is 0. The van der Waals surface area contributed by atoms with E-state index >= 15 is 0 Å². The predicted octanol–water partition coefficient (Wildman–Crippen LogP) is 3.50. The van der Waals surface area contributed by atoms with E-state index in [9.17, 15) is 9.90 Å². The molecule has 0 saturated carbocycles. The molecule has 0 spiro atoms. The second kappa shape index (κ2) is 9.53. The number of nitrogens with one attached hydrogen (secondary N) is 2. The van der Waals surface area contributed by atoms with Gasteiger partial charge in [0.15, 0.2) is 0 Å². The minimum absolute atomic E-state index is 0. The SMILES string of the molecule is CC(CC(=O)NCC(O)c1cc2ccccc2s1)C1CCCNC1.Cl. The standard InChI is InChI=1S/C19H26N2O2S.ClH/c1-13(15-6-4-8-20-11-15)9-19(23)21-12-16(22)18-10-14-5-2-3-7-17(14)24-18;/h2-3,5,7,10,13,15-16,20,22H,4,6,8-9,11-12H2,1H3,(H,21,23);1H. The summed E-state index contributed by atoms with van der Waals surface area (Å²) in [5.74, 6) is 0.990. The maximum Gasteiger partial charge on any atom is 0.220 e. The highest BCUT2D eigenvalue weighted by molar-refractivity contribution is 7.19. The lowest BCUT2D eigenvalue weighted by Gasteiger charge is -2.28. The normalized spacial score (nSPS) is 19.8. The number of benzene rings is 1. The van der Waals surface area contributed by atoms with Gasteiger partial charge in [0.2, 0.25) is 5.91 Å². The van der Waals surface area contributed by atoms with Crippen LogP contribution < -0.4 is 10.6 Å². The minimum Gasteiger partial charge on any atom is -0.386 e. The number of thiophene rings is 1. The van der Waals surface area contributed by atoms with Crippen LogP contribution >= 0.6 is 23.7 Å². The summed E-state index contributed by atoms with van der Waals surface area (Å²) in [6, 6.07) is 10.1. The monoisotopic (exact) mass is 382 g/mol. The molecule has 2 aromatic rings. The number of fused-ring (bicyclic) bond motifs is 1. The quantitative estimate of drug-likeness (QED) is 0.716. The van der Waals surface area contributed by atoms with Crippen LogP contribution in [0.5, 0.6) is 0 Å². The Labute approximate surface area is 159 Å². The van der Waals surface area contributed by atoms with E-state index in [1.807, 2.05) is 24.3 Å². The van der Waals surface area contributed by atoms with Crippen molar-refractivity contribution in [3.05, 3.63) is 35.2 Å². The molecule has 1 aromatic heterocycles. The minimum atomic E-state index is -0.641. The second-order valence-electron chi connectivity index (χ2n) is 6.79. The number of hydrogen-bond acceptors (Lipinski definition) is 4. The Bertz CT molecular complexity index is 652. The summed E-state index contributed by atoms with van der Waals surface area (Å²) in [4.78, 5) is 13.1. The number of halogens is 1. The Hall–Kier alpha value is -1.14. The van der Waals surface area contributed by atoms with Gasteiger partial charge in [-0.25, -0.2) is 0 Å². The second-order valence-corrected chi connectivity index (χ2v) is 7.91. The number of aliphatic hydroxyl groups excluding tert-OH is 1. The molecule has 3 atom stereocenters. The maximum absolute atomic E-state index is 12.2. The molecule has 1 amide bonds. The van der Waals surface area contributed by atoms with Crippen LogP contribution in [-0.2, 0) is 4.79 Å². The zero-order valence-electron chi connectivity index (χ0n) is 14.5. The van der Waals surface area contributed by atoms with Gasteiger partial charge in [0.25, 0.3) is 0 Å². The van der Waals surface area contributed by atoms with Gasteiger partial charge in [-0.3, -0.25) is 4.79 Å². The van der Waals surface area contributed by atoms with Crippen molar-refractivity contribution < 1.29 is 9.90 Å². The van der Waals surface area contributed by atoms with Gasteiger partial charge < -0.3 is 15.7 Å². The van der Waals surface area contributed by atoms with Crippen molar-refractivity contribution in [2.75, 3.05) is 19.6 Å². The van der Waals surface area contributed by atoms with Gasteiger partial charge in [-0.1, -0.05) is 25.1 Å². The molecule has 25 heavy (non-hydrogen) atoms. The highest BCUT2D eigenvalue weighted by Gasteiger charge is 2.22. The number of rotatable bonds is 6. The van der Waals surface area contributed by atoms with Crippen molar-refractivity contribution in [2.24, 2.45) is 11.8 Å². The zero-order valence-corrected chi connectivity index (χ0v) is 16.2. The lowest BCUT2D eigenvalue weighted by Crippen LogP contribution is -2.36. The van der Waals surface area contributed by atoms with Crippen LogP contribution in [0.1, 0.15) is 37.2 Å². The fourth-order valence-electron chi connectivity index (χ4n) is 3.37. The van der Waals surface area contributed by atoms with Crippen molar-refractivity contribution >= 4 is 39.7 Å². The lowest BCUT2D eigenvalue weighted by molar-refractivity contribution is -0.122. The number of aliphatic hydroxyl groups is 1. The fourth-order valence-corrected chi connectivity index (χ4v) is 4.42. The third-order valence-electron chi connectivity index (χ3n) is 4.91. The molecule has 3 N–H and O–H groups in total. The van der Waals surface area contributed by atoms with Crippen molar-refractivity contribution in [1.29, 1.82) is 0 Å². The molecular weight excluding hydrogens is 356 g/mol. The van der Waals surface area contributed by atoms with Gasteiger partial charge in [-0.05, 0) is 55.3 Å². The van der Waals surface area contributed by atoms with Gasteiger partial charge >= 0.3 is 0 Å². The smallest absolute Gasteiger partial charge is 0.220 e. The van der Waals surface area contributed by atoms with Crippen LogP contribution in [0.4, 0.5) is 0 Å². The first-order valence-corrected chi connectivity index (χ1v) is 9.59. The first-order chi connectivity index (χ1) is 11.6. The third kappa shape index (κ3) is 5.42. The van der Waals surface area contributed by atoms with Crippen LogP contribution in [0, 0.1) is 11.8 Å². The van der Waals surface area contributed by atoms with Crippen LogP contribution in [-0.4, -0.2) is 30.6 Å². The summed E-state index contributed by atoms with van der Waals surface area (Å²) in [6.45, 7) is 4.54. The number of piperidine rings is 1. The van der Waals surface area contributed by atoms with Crippen LogP contribution in [0.15, 0.2) is 30.3 Å². The molecule has 0 bridgehead atoms. The largest absolute Gasteiger partial charge is 0.386 e. The van der Waals surface area contributed by atoms with Gasteiger partial charge in [0, 0.05) is 22.5 Å². The van der Waals surface area contributed by atoms with Crippen LogP contribution in [0.2, 0.25) is 0 Å². The molecule has 0 aliphatic carbocycles. The highest BCUT2D eigenvalue weighted by Crippen LogP contribution is 2.29. The molecule has 0 radical (unpaired) electrons. The van der Waals surface area contributed by atoms with Crippen molar-refractivity contribution in [3.63, 3.8) is 0 Å². The van der Waals surface area contributed by atoms with Gasteiger partial charge in [-0.15, -0.1) is 23.7 Å². The average molecular weight is 383 g/mol. The topological polar surface area (TPSA) is 61.4 Å². The molecule has 1 saturated heterocycles. The Kier molecular flexibility index (Phi) is 7.69. The summed E-state index contributed by atoms with van der Waals surface area (Å²) < 4.78 is 1.16.